The first kappa shape index (κ1) is 25.1. The van der Waals surface area contributed by atoms with Crippen LogP contribution in [-0.4, -0.2) is 69.8 Å². The Labute approximate surface area is 219 Å². The van der Waals surface area contributed by atoms with Gasteiger partial charge >= 0.3 is 0 Å². The molecule has 1 aliphatic carbocycles. The van der Waals surface area contributed by atoms with Crippen molar-refractivity contribution in [1.82, 2.24) is 30.0 Å². The molecule has 1 saturated heterocycles. The summed E-state index contributed by atoms with van der Waals surface area (Å²) in [4.78, 5) is 5.08. The number of rotatable bonds is 8. The van der Waals surface area contributed by atoms with E-state index >= 15 is 0 Å². The summed E-state index contributed by atoms with van der Waals surface area (Å²) in [5, 5.41) is 13.3. The van der Waals surface area contributed by atoms with E-state index in [0.29, 0.717) is 0 Å². The summed E-state index contributed by atoms with van der Waals surface area (Å²) in [6.07, 6.45) is 11.9. The number of ether oxygens (including phenoxy) is 1. The third-order valence-corrected chi connectivity index (χ3v) is 7.42. The van der Waals surface area contributed by atoms with Gasteiger partial charge in [0.05, 0.1) is 18.8 Å². The number of piperazine rings is 1. The predicted octanol–water partition coefficient (Wildman–Crippen LogP) is 4.76. The van der Waals surface area contributed by atoms with Gasteiger partial charge in [-0.15, -0.1) is 5.10 Å². The fraction of sp³-hybridized carbons (Fsp3) is 0.367. The average molecular weight is 497 g/mol. The number of hydrogen-bond acceptors (Lipinski definition) is 6. The van der Waals surface area contributed by atoms with Crippen molar-refractivity contribution in [2.24, 2.45) is 5.92 Å². The lowest BCUT2D eigenvalue weighted by Gasteiger charge is -2.41. The Morgan fingerprint density at radius 2 is 1.76 bits per heavy atom. The lowest BCUT2D eigenvalue weighted by molar-refractivity contribution is 0.0780. The van der Waals surface area contributed by atoms with Gasteiger partial charge in [0.25, 0.3) is 0 Å². The summed E-state index contributed by atoms with van der Waals surface area (Å²) in [5.41, 5.74) is 4.66. The average Bonchev–Trinajstić information content (AvgIpc) is 3.39. The second-order valence-electron chi connectivity index (χ2n) is 9.85. The zero-order valence-electron chi connectivity index (χ0n) is 22.0. The quantitative estimate of drug-likeness (QED) is 0.448. The van der Waals surface area contributed by atoms with Gasteiger partial charge in [-0.3, -0.25) is 9.80 Å². The molecule has 0 N–H and O–H groups in total. The van der Waals surface area contributed by atoms with Crippen molar-refractivity contribution in [3.63, 3.8) is 0 Å². The number of nitrogens with zero attached hydrogens (tertiary/aromatic N) is 6. The molecule has 7 nitrogen and oxygen atoms in total. The molecule has 1 aromatic heterocycles. The van der Waals surface area contributed by atoms with Crippen LogP contribution in [0.1, 0.15) is 35.0 Å². The van der Waals surface area contributed by atoms with Gasteiger partial charge in [0.15, 0.2) is 5.82 Å². The van der Waals surface area contributed by atoms with Crippen molar-refractivity contribution >= 4 is 6.08 Å². The van der Waals surface area contributed by atoms with Gasteiger partial charge in [0, 0.05) is 38.6 Å². The standard InChI is InChI=1S/C30H36N6O/c1-23-9-7-10-24(2)28(23)36-30(31-32-33-36)29(26-14-16-27(37-3)17-15-26)35-21-19-34(20-22-35)18-8-13-25-11-5-4-6-12-25/h4-14,16-17,26,29H,15,18-22H2,1-3H3/b13-8+/t26?,29-/m0/s1. The van der Waals surface area contributed by atoms with Crippen LogP contribution in [-0.2, 0) is 4.74 Å². The highest BCUT2D eigenvalue weighted by molar-refractivity contribution is 5.49. The fourth-order valence-corrected chi connectivity index (χ4v) is 5.43. The number of allylic oxidation sites excluding steroid dienone is 2. The Balaban J connectivity index is 1.36. The summed E-state index contributed by atoms with van der Waals surface area (Å²) in [5.74, 6) is 2.08. The molecule has 0 bridgehead atoms. The summed E-state index contributed by atoms with van der Waals surface area (Å²) < 4.78 is 7.43. The lowest BCUT2D eigenvalue weighted by Crippen LogP contribution is -2.49. The van der Waals surface area contributed by atoms with Crippen molar-refractivity contribution < 1.29 is 4.74 Å². The van der Waals surface area contributed by atoms with Crippen LogP contribution in [0.3, 0.4) is 0 Å². The van der Waals surface area contributed by atoms with E-state index in [1.165, 1.54) is 16.7 Å². The number of aryl methyl sites for hydroxylation is 2. The van der Waals surface area contributed by atoms with E-state index in [4.69, 9.17) is 4.74 Å². The Morgan fingerprint density at radius 3 is 2.43 bits per heavy atom. The molecule has 0 saturated carbocycles. The van der Waals surface area contributed by atoms with E-state index in [-0.39, 0.29) is 12.0 Å². The van der Waals surface area contributed by atoms with Crippen LogP contribution in [0.4, 0.5) is 0 Å². The van der Waals surface area contributed by atoms with E-state index in [1.54, 1.807) is 7.11 Å². The molecule has 0 amide bonds. The molecule has 1 fully saturated rings. The van der Waals surface area contributed by atoms with Crippen LogP contribution in [0, 0.1) is 19.8 Å². The largest absolute Gasteiger partial charge is 0.497 e. The zero-order valence-corrected chi connectivity index (χ0v) is 22.0. The molecule has 3 aromatic rings. The van der Waals surface area contributed by atoms with Crippen molar-refractivity contribution in [2.45, 2.75) is 26.3 Å². The van der Waals surface area contributed by atoms with E-state index in [9.17, 15) is 0 Å². The highest BCUT2D eigenvalue weighted by Gasteiger charge is 2.35. The van der Waals surface area contributed by atoms with Crippen LogP contribution < -0.4 is 0 Å². The first-order chi connectivity index (χ1) is 18.1. The van der Waals surface area contributed by atoms with Crippen molar-refractivity contribution in [2.75, 3.05) is 39.8 Å². The summed E-state index contributed by atoms with van der Waals surface area (Å²) >= 11 is 0. The molecular formula is C30H36N6O. The van der Waals surface area contributed by atoms with Crippen LogP contribution >= 0.6 is 0 Å². The van der Waals surface area contributed by atoms with Gasteiger partial charge in [-0.1, -0.05) is 66.8 Å². The highest BCUT2D eigenvalue weighted by Crippen LogP contribution is 2.35. The number of aromatic nitrogens is 4. The number of hydrogen-bond donors (Lipinski definition) is 0. The molecule has 37 heavy (non-hydrogen) atoms. The van der Waals surface area contributed by atoms with Crippen LogP contribution in [0.5, 0.6) is 0 Å². The second-order valence-corrected chi connectivity index (χ2v) is 9.85. The normalized spacial score (nSPS) is 19.8. The van der Waals surface area contributed by atoms with Crippen molar-refractivity contribution in [3.8, 4) is 5.69 Å². The number of methoxy groups -OCH3 is 1. The minimum absolute atomic E-state index is 0.0712. The molecule has 5 rings (SSSR count). The van der Waals surface area contributed by atoms with Crippen molar-refractivity contribution in [1.29, 1.82) is 0 Å². The van der Waals surface area contributed by atoms with Crippen LogP contribution in [0.2, 0.25) is 0 Å². The molecule has 0 radical (unpaired) electrons. The number of para-hydroxylation sites is 1. The Kier molecular flexibility index (Phi) is 7.92. The monoisotopic (exact) mass is 496 g/mol. The van der Waals surface area contributed by atoms with Crippen LogP contribution in [0.15, 0.2) is 78.6 Å². The topological polar surface area (TPSA) is 59.3 Å². The van der Waals surface area contributed by atoms with Gasteiger partial charge in [-0.25, -0.2) is 0 Å². The van der Waals surface area contributed by atoms with Gasteiger partial charge < -0.3 is 4.74 Å². The fourth-order valence-electron chi connectivity index (χ4n) is 5.43. The van der Waals surface area contributed by atoms with Gasteiger partial charge in [0.2, 0.25) is 0 Å². The first-order valence-electron chi connectivity index (χ1n) is 13.1. The highest BCUT2D eigenvalue weighted by atomic mass is 16.5. The van der Waals surface area contributed by atoms with E-state index < -0.39 is 0 Å². The smallest absolute Gasteiger partial charge is 0.174 e. The summed E-state index contributed by atoms with van der Waals surface area (Å²) in [6, 6.07) is 16.9. The predicted molar refractivity (Wildman–Crippen MR) is 147 cm³/mol. The van der Waals surface area contributed by atoms with Gasteiger partial charge in [-0.05, 0) is 59.5 Å². The minimum atomic E-state index is 0.0712. The second kappa shape index (κ2) is 11.7. The molecule has 192 valence electrons. The van der Waals surface area contributed by atoms with Gasteiger partial charge in [0.1, 0.15) is 5.76 Å². The van der Waals surface area contributed by atoms with E-state index in [2.05, 4.69) is 118 Å². The molecule has 2 heterocycles. The molecule has 0 spiro atoms. The summed E-state index contributed by atoms with van der Waals surface area (Å²) in [6.45, 7) is 9.16. The lowest BCUT2D eigenvalue weighted by atomic mass is 9.89. The third-order valence-electron chi connectivity index (χ3n) is 7.42. The Hall–Kier alpha value is -3.55. The molecule has 2 aliphatic rings. The molecule has 1 unspecified atom stereocenters. The maximum atomic E-state index is 5.47. The SMILES string of the molecule is COC1=CCC([C@@H](c2nnnn2-c2c(C)cccc2C)N2CCN(C/C=C/c3ccccc3)CC2)C=C1. The summed E-state index contributed by atoms with van der Waals surface area (Å²) in [7, 11) is 1.72. The van der Waals surface area contributed by atoms with Gasteiger partial charge in [-0.2, -0.15) is 4.68 Å². The van der Waals surface area contributed by atoms with E-state index in [1.807, 2.05) is 4.68 Å². The molecule has 2 aromatic carbocycles. The van der Waals surface area contributed by atoms with Crippen molar-refractivity contribution in [3.05, 3.63) is 101 Å². The number of benzene rings is 2. The molecule has 2 atom stereocenters. The van der Waals surface area contributed by atoms with E-state index in [0.717, 1.165) is 56.4 Å². The third kappa shape index (κ3) is 5.73. The van der Waals surface area contributed by atoms with Crippen LogP contribution in [0.25, 0.3) is 11.8 Å². The maximum absolute atomic E-state index is 5.47. The minimum Gasteiger partial charge on any atom is -0.497 e. The number of tetrazole rings is 1. The Morgan fingerprint density at radius 1 is 1.00 bits per heavy atom. The molecule has 7 heteroatoms. The zero-order chi connectivity index (χ0) is 25.6. The maximum Gasteiger partial charge on any atom is 0.174 e. The first-order valence-corrected chi connectivity index (χ1v) is 13.1. The molecule has 1 aliphatic heterocycles. The Bertz CT molecular complexity index is 1250. The molecular weight excluding hydrogens is 460 g/mol.